The third-order valence-corrected chi connectivity index (χ3v) is 3.34. The highest BCUT2D eigenvalue weighted by Crippen LogP contribution is 2.26. The third-order valence-electron chi connectivity index (χ3n) is 3.34. The Kier molecular flexibility index (Phi) is 4.72. The second-order valence-electron chi connectivity index (χ2n) is 5.07. The molecule has 3 nitrogen and oxygen atoms in total. The van der Waals surface area contributed by atoms with E-state index >= 15 is 0 Å². The first-order chi connectivity index (χ1) is 9.65. The zero-order chi connectivity index (χ0) is 14.5. The van der Waals surface area contributed by atoms with Crippen molar-refractivity contribution in [1.29, 1.82) is 0 Å². The lowest BCUT2D eigenvalue weighted by atomic mass is 10.0. The highest BCUT2D eigenvalue weighted by atomic mass is 15.0. The average molecular weight is 269 g/mol. The van der Waals surface area contributed by atoms with Crippen molar-refractivity contribution in [3.8, 4) is 11.3 Å². The van der Waals surface area contributed by atoms with E-state index in [4.69, 9.17) is 0 Å². The Morgan fingerprint density at radius 1 is 1.10 bits per heavy atom. The van der Waals surface area contributed by atoms with Crippen LogP contribution in [0.4, 0.5) is 5.82 Å². The van der Waals surface area contributed by atoms with Gasteiger partial charge in [-0.05, 0) is 38.8 Å². The van der Waals surface area contributed by atoms with E-state index in [0.717, 1.165) is 42.3 Å². The summed E-state index contributed by atoms with van der Waals surface area (Å²) in [6.07, 6.45) is 2.27. The molecule has 1 aromatic heterocycles. The molecule has 0 bridgehead atoms. The third kappa shape index (κ3) is 3.16. The molecule has 0 saturated heterocycles. The number of aryl methyl sites for hydroxylation is 2. The van der Waals surface area contributed by atoms with Gasteiger partial charge in [0.15, 0.2) is 0 Å². The van der Waals surface area contributed by atoms with Gasteiger partial charge in [0.05, 0.1) is 5.69 Å². The van der Waals surface area contributed by atoms with Gasteiger partial charge >= 0.3 is 0 Å². The summed E-state index contributed by atoms with van der Waals surface area (Å²) in [6, 6.07) is 8.67. The molecule has 106 valence electrons. The van der Waals surface area contributed by atoms with E-state index in [9.17, 15) is 0 Å². The van der Waals surface area contributed by atoms with Crippen LogP contribution in [0, 0.1) is 13.8 Å². The van der Waals surface area contributed by atoms with Crippen LogP contribution in [-0.2, 0) is 6.42 Å². The SMILES string of the molecule is CCCc1cccc(-c2nc(C)nc(NCC)c2C)c1. The molecule has 2 aromatic rings. The molecule has 0 amide bonds. The first-order valence-electron chi connectivity index (χ1n) is 7.34. The first kappa shape index (κ1) is 14.5. The van der Waals surface area contributed by atoms with E-state index < -0.39 is 0 Å². The number of aromatic nitrogens is 2. The standard InChI is InChI=1S/C17H23N3/c1-5-8-14-9-7-10-15(11-14)16-12(3)17(18-6-2)20-13(4)19-16/h7,9-11H,5-6,8H2,1-4H3,(H,18,19,20). The van der Waals surface area contributed by atoms with Crippen molar-refractivity contribution < 1.29 is 0 Å². The summed E-state index contributed by atoms with van der Waals surface area (Å²) >= 11 is 0. The second kappa shape index (κ2) is 6.51. The molecule has 1 heterocycles. The van der Waals surface area contributed by atoms with Gasteiger partial charge in [-0.1, -0.05) is 31.5 Å². The minimum atomic E-state index is 0.808. The molecular weight excluding hydrogens is 246 g/mol. The van der Waals surface area contributed by atoms with Crippen molar-refractivity contribution in [1.82, 2.24) is 9.97 Å². The molecule has 0 aliphatic carbocycles. The highest BCUT2D eigenvalue weighted by Gasteiger charge is 2.10. The van der Waals surface area contributed by atoms with E-state index in [2.05, 4.69) is 60.3 Å². The van der Waals surface area contributed by atoms with Crippen molar-refractivity contribution in [3.63, 3.8) is 0 Å². The van der Waals surface area contributed by atoms with Gasteiger partial charge in [-0.15, -0.1) is 0 Å². The summed E-state index contributed by atoms with van der Waals surface area (Å²) in [5, 5.41) is 3.32. The zero-order valence-corrected chi connectivity index (χ0v) is 12.8. The van der Waals surface area contributed by atoms with Crippen LogP contribution in [0.3, 0.4) is 0 Å². The lowest BCUT2D eigenvalue weighted by molar-refractivity contribution is 0.921. The van der Waals surface area contributed by atoms with Crippen LogP contribution in [0.1, 0.15) is 37.2 Å². The van der Waals surface area contributed by atoms with E-state index in [-0.39, 0.29) is 0 Å². The molecule has 0 aliphatic rings. The predicted octanol–water partition coefficient (Wildman–Crippen LogP) is 4.14. The summed E-state index contributed by atoms with van der Waals surface area (Å²) in [5.41, 5.74) is 4.70. The average Bonchev–Trinajstić information content (AvgIpc) is 2.43. The van der Waals surface area contributed by atoms with Crippen LogP contribution in [0.15, 0.2) is 24.3 Å². The molecule has 0 aliphatic heterocycles. The minimum Gasteiger partial charge on any atom is -0.370 e. The van der Waals surface area contributed by atoms with Gasteiger partial charge < -0.3 is 5.32 Å². The number of anilines is 1. The summed E-state index contributed by atoms with van der Waals surface area (Å²) in [7, 11) is 0. The zero-order valence-electron chi connectivity index (χ0n) is 12.8. The molecule has 2 rings (SSSR count). The Bertz CT molecular complexity index is 591. The van der Waals surface area contributed by atoms with E-state index in [0.29, 0.717) is 0 Å². The van der Waals surface area contributed by atoms with Gasteiger partial charge in [0, 0.05) is 17.7 Å². The maximum absolute atomic E-state index is 4.64. The number of nitrogens with zero attached hydrogens (tertiary/aromatic N) is 2. The number of rotatable bonds is 5. The Balaban J connectivity index is 2.48. The molecule has 0 spiro atoms. The van der Waals surface area contributed by atoms with Crippen LogP contribution in [0.25, 0.3) is 11.3 Å². The predicted molar refractivity (Wildman–Crippen MR) is 85.1 cm³/mol. The number of nitrogens with one attached hydrogen (secondary N) is 1. The quantitative estimate of drug-likeness (QED) is 0.886. The van der Waals surface area contributed by atoms with Crippen LogP contribution >= 0.6 is 0 Å². The minimum absolute atomic E-state index is 0.808. The normalized spacial score (nSPS) is 10.6. The van der Waals surface area contributed by atoms with Crippen molar-refractivity contribution in [3.05, 3.63) is 41.2 Å². The molecule has 1 N–H and O–H groups in total. The van der Waals surface area contributed by atoms with E-state index in [1.54, 1.807) is 0 Å². The van der Waals surface area contributed by atoms with Crippen LogP contribution < -0.4 is 5.32 Å². The fourth-order valence-electron chi connectivity index (χ4n) is 2.41. The highest BCUT2D eigenvalue weighted by molar-refractivity contribution is 5.68. The van der Waals surface area contributed by atoms with E-state index in [1.807, 2.05) is 6.92 Å². The Morgan fingerprint density at radius 3 is 2.60 bits per heavy atom. The molecule has 3 heteroatoms. The van der Waals surface area contributed by atoms with Gasteiger partial charge in [0.2, 0.25) is 0 Å². The molecule has 0 radical (unpaired) electrons. The van der Waals surface area contributed by atoms with Gasteiger partial charge in [-0.25, -0.2) is 9.97 Å². The Morgan fingerprint density at radius 2 is 1.90 bits per heavy atom. The van der Waals surface area contributed by atoms with Gasteiger partial charge in [0.1, 0.15) is 11.6 Å². The summed E-state index contributed by atoms with van der Waals surface area (Å²) in [5.74, 6) is 1.75. The maximum atomic E-state index is 4.64. The van der Waals surface area contributed by atoms with Crippen molar-refractivity contribution in [2.24, 2.45) is 0 Å². The lowest BCUT2D eigenvalue weighted by Gasteiger charge is -2.13. The molecule has 0 saturated carbocycles. The maximum Gasteiger partial charge on any atom is 0.133 e. The molecule has 0 unspecified atom stereocenters. The smallest absolute Gasteiger partial charge is 0.133 e. The molecule has 20 heavy (non-hydrogen) atoms. The first-order valence-corrected chi connectivity index (χ1v) is 7.34. The molecule has 1 aromatic carbocycles. The number of hydrogen-bond acceptors (Lipinski definition) is 3. The number of benzene rings is 1. The summed E-state index contributed by atoms with van der Waals surface area (Å²) < 4.78 is 0. The summed E-state index contributed by atoms with van der Waals surface area (Å²) in [4.78, 5) is 9.12. The van der Waals surface area contributed by atoms with Gasteiger partial charge in [-0.3, -0.25) is 0 Å². The Labute approximate surface area is 121 Å². The fraction of sp³-hybridized carbons (Fsp3) is 0.412. The molecule has 0 atom stereocenters. The number of hydrogen-bond donors (Lipinski definition) is 1. The lowest BCUT2D eigenvalue weighted by Crippen LogP contribution is -2.06. The molecule has 0 fully saturated rings. The topological polar surface area (TPSA) is 37.8 Å². The van der Waals surface area contributed by atoms with Gasteiger partial charge in [-0.2, -0.15) is 0 Å². The van der Waals surface area contributed by atoms with Crippen molar-refractivity contribution >= 4 is 5.82 Å². The summed E-state index contributed by atoms with van der Waals surface area (Å²) in [6.45, 7) is 9.18. The van der Waals surface area contributed by atoms with Crippen molar-refractivity contribution in [2.45, 2.75) is 40.5 Å². The van der Waals surface area contributed by atoms with Gasteiger partial charge in [0.25, 0.3) is 0 Å². The molecular formula is C17H23N3. The van der Waals surface area contributed by atoms with Crippen LogP contribution in [0.5, 0.6) is 0 Å². The fourth-order valence-corrected chi connectivity index (χ4v) is 2.41. The monoisotopic (exact) mass is 269 g/mol. The van der Waals surface area contributed by atoms with Crippen LogP contribution in [0.2, 0.25) is 0 Å². The second-order valence-corrected chi connectivity index (χ2v) is 5.07. The van der Waals surface area contributed by atoms with E-state index in [1.165, 1.54) is 11.1 Å². The van der Waals surface area contributed by atoms with Crippen molar-refractivity contribution in [2.75, 3.05) is 11.9 Å². The largest absolute Gasteiger partial charge is 0.370 e. The Hall–Kier alpha value is -1.90. The van der Waals surface area contributed by atoms with Crippen LogP contribution in [-0.4, -0.2) is 16.5 Å².